The van der Waals surface area contributed by atoms with E-state index in [4.69, 9.17) is 9.72 Å². The number of nitrogens with one attached hydrogen (secondary N) is 2. The Morgan fingerprint density at radius 2 is 1.90 bits per heavy atom. The van der Waals surface area contributed by atoms with Crippen molar-refractivity contribution in [3.63, 3.8) is 0 Å². The van der Waals surface area contributed by atoms with Gasteiger partial charge in [-0.2, -0.15) is 0 Å². The first kappa shape index (κ1) is 20.8. The lowest BCUT2D eigenvalue weighted by atomic mass is 9.89. The molecule has 2 amide bonds. The summed E-state index contributed by atoms with van der Waals surface area (Å²) in [5.74, 6) is 1.10. The normalized spacial score (nSPS) is 19.8. The number of nitrogens with zero attached hydrogens (tertiary/aromatic N) is 2. The van der Waals surface area contributed by atoms with Gasteiger partial charge in [-0.05, 0) is 37.8 Å². The molecule has 2 aliphatic rings. The van der Waals surface area contributed by atoms with E-state index in [0.717, 1.165) is 62.0 Å². The number of rotatable bonds is 8. The average molecular weight is 413 g/mol. The van der Waals surface area contributed by atoms with Crippen molar-refractivity contribution in [1.29, 1.82) is 0 Å². The lowest BCUT2D eigenvalue weighted by Gasteiger charge is -2.20. The van der Waals surface area contributed by atoms with Crippen molar-refractivity contribution in [2.45, 2.75) is 64.0 Å². The smallest absolute Gasteiger partial charge is 0.240 e. The molecule has 2 heterocycles. The second kappa shape index (κ2) is 10.1. The van der Waals surface area contributed by atoms with E-state index in [2.05, 4.69) is 10.6 Å². The molecule has 1 saturated heterocycles. The number of imidazole rings is 1. The highest BCUT2D eigenvalue weighted by Gasteiger charge is 2.21. The fourth-order valence-electron chi connectivity index (χ4n) is 4.53. The minimum Gasteiger partial charge on any atom is -0.376 e. The van der Waals surface area contributed by atoms with Gasteiger partial charge in [-0.1, -0.05) is 31.4 Å². The topological polar surface area (TPSA) is 85.2 Å². The Bertz CT molecular complexity index is 866. The van der Waals surface area contributed by atoms with Crippen LogP contribution < -0.4 is 10.6 Å². The molecule has 0 spiro atoms. The van der Waals surface area contributed by atoms with Gasteiger partial charge in [0, 0.05) is 32.0 Å². The molecule has 1 saturated carbocycles. The summed E-state index contributed by atoms with van der Waals surface area (Å²) in [5, 5.41) is 6.07. The third kappa shape index (κ3) is 5.19. The van der Waals surface area contributed by atoms with E-state index >= 15 is 0 Å². The number of para-hydroxylation sites is 2. The molecule has 4 rings (SSSR count). The SMILES string of the molecule is O=C(Cn1c(CCNC(=O)C2CCCCC2)nc2ccccc21)NCC1CCCO1. The highest BCUT2D eigenvalue weighted by molar-refractivity contribution is 5.81. The number of amides is 2. The van der Waals surface area contributed by atoms with Crippen molar-refractivity contribution in [3.8, 4) is 0 Å². The van der Waals surface area contributed by atoms with Crippen LogP contribution in [0.3, 0.4) is 0 Å². The van der Waals surface area contributed by atoms with Gasteiger partial charge >= 0.3 is 0 Å². The van der Waals surface area contributed by atoms with Crippen molar-refractivity contribution in [2.24, 2.45) is 5.92 Å². The maximum absolute atomic E-state index is 12.6. The quantitative estimate of drug-likeness (QED) is 0.698. The maximum atomic E-state index is 12.6. The molecular weight excluding hydrogens is 380 g/mol. The number of fused-ring (bicyclic) bond motifs is 1. The summed E-state index contributed by atoms with van der Waals surface area (Å²) in [6.07, 6.45) is 8.32. The number of hydrogen-bond donors (Lipinski definition) is 2. The van der Waals surface area contributed by atoms with E-state index in [0.29, 0.717) is 19.5 Å². The second-order valence-corrected chi connectivity index (χ2v) is 8.42. The van der Waals surface area contributed by atoms with E-state index < -0.39 is 0 Å². The zero-order chi connectivity index (χ0) is 20.8. The van der Waals surface area contributed by atoms with Crippen LogP contribution in [0.2, 0.25) is 0 Å². The first-order chi connectivity index (χ1) is 14.7. The molecule has 1 aromatic carbocycles. The Kier molecular flexibility index (Phi) is 7.00. The Balaban J connectivity index is 1.37. The van der Waals surface area contributed by atoms with Crippen LogP contribution in [0.25, 0.3) is 11.0 Å². The molecule has 1 atom stereocenters. The molecular formula is C23H32N4O3. The summed E-state index contributed by atoms with van der Waals surface area (Å²) < 4.78 is 7.55. The predicted molar refractivity (Wildman–Crippen MR) is 115 cm³/mol. The van der Waals surface area contributed by atoms with Gasteiger partial charge in [-0.3, -0.25) is 9.59 Å². The zero-order valence-corrected chi connectivity index (χ0v) is 17.6. The van der Waals surface area contributed by atoms with Gasteiger partial charge in [-0.25, -0.2) is 4.98 Å². The van der Waals surface area contributed by atoms with Crippen LogP contribution >= 0.6 is 0 Å². The third-order valence-electron chi connectivity index (χ3n) is 6.21. The van der Waals surface area contributed by atoms with Crippen molar-refractivity contribution < 1.29 is 14.3 Å². The van der Waals surface area contributed by atoms with Crippen molar-refractivity contribution in [1.82, 2.24) is 20.2 Å². The van der Waals surface area contributed by atoms with Crippen LogP contribution in [0.5, 0.6) is 0 Å². The van der Waals surface area contributed by atoms with E-state index in [1.165, 1.54) is 6.42 Å². The molecule has 162 valence electrons. The molecule has 2 fully saturated rings. The lowest BCUT2D eigenvalue weighted by molar-refractivity contribution is -0.126. The first-order valence-electron chi connectivity index (χ1n) is 11.3. The van der Waals surface area contributed by atoms with E-state index in [-0.39, 0.29) is 30.4 Å². The molecule has 30 heavy (non-hydrogen) atoms. The minimum absolute atomic E-state index is 0.0406. The van der Waals surface area contributed by atoms with Gasteiger partial charge in [0.15, 0.2) is 0 Å². The number of aromatic nitrogens is 2. The van der Waals surface area contributed by atoms with Crippen LogP contribution in [-0.4, -0.2) is 47.2 Å². The lowest BCUT2D eigenvalue weighted by Crippen LogP contribution is -2.35. The zero-order valence-electron chi connectivity index (χ0n) is 17.6. The summed E-state index contributed by atoms with van der Waals surface area (Å²) in [4.78, 5) is 29.7. The number of carbonyl (C=O) groups excluding carboxylic acids is 2. The van der Waals surface area contributed by atoms with E-state index in [1.54, 1.807) is 0 Å². The molecule has 1 aliphatic heterocycles. The number of carbonyl (C=O) groups is 2. The van der Waals surface area contributed by atoms with Crippen LogP contribution in [-0.2, 0) is 27.3 Å². The number of ether oxygens (including phenoxy) is 1. The van der Waals surface area contributed by atoms with Gasteiger partial charge in [0.25, 0.3) is 0 Å². The molecule has 1 aromatic heterocycles. The molecule has 7 nitrogen and oxygen atoms in total. The second-order valence-electron chi connectivity index (χ2n) is 8.42. The van der Waals surface area contributed by atoms with Crippen molar-refractivity contribution in [3.05, 3.63) is 30.1 Å². The van der Waals surface area contributed by atoms with Gasteiger partial charge in [0.1, 0.15) is 12.4 Å². The summed E-state index contributed by atoms with van der Waals surface area (Å²) in [5.41, 5.74) is 1.82. The first-order valence-corrected chi connectivity index (χ1v) is 11.3. The minimum atomic E-state index is -0.0406. The fraction of sp³-hybridized carbons (Fsp3) is 0.609. The van der Waals surface area contributed by atoms with Crippen molar-refractivity contribution >= 4 is 22.8 Å². The summed E-state index contributed by atoms with van der Waals surface area (Å²) in [6.45, 7) is 2.09. The fourth-order valence-corrected chi connectivity index (χ4v) is 4.53. The largest absolute Gasteiger partial charge is 0.376 e. The molecule has 1 aliphatic carbocycles. The standard InChI is InChI=1S/C23H32N4O3/c28-22(25-15-18-9-6-14-30-18)16-27-20-11-5-4-10-19(20)26-21(27)12-13-24-23(29)17-7-2-1-3-8-17/h4-5,10-11,17-18H,1-3,6-9,12-16H2,(H,24,29)(H,25,28). The summed E-state index contributed by atoms with van der Waals surface area (Å²) in [7, 11) is 0. The predicted octanol–water partition coefficient (Wildman–Crippen LogP) is 2.57. The van der Waals surface area contributed by atoms with Gasteiger partial charge in [0.2, 0.25) is 11.8 Å². The Morgan fingerprint density at radius 3 is 2.70 bits per heavy atom. The van der Waals surface area contributed by atoms with Crippen LogP contribution in [0.4, 0.5) is 0 Å². The Labute approximate surface area is 177 Å². The van der Waals surface area contributed by atoms with Crippen LogP contribution in [0, 0.1) is 5.92 Å². The average Bonchev–Trinajstić information content (AvgIpc) is 3.41. The van der Waals surface area contributed by atoms with Gasteiger partial charge in [-0.15, -0.1) is 0 Å². The maximum Gasteiger partial charge on any atom is 0.240 e. The molecule has 0 bridgehead atoms. The Hall–Kier alpha value is -2.41. The number of hydrogen-bond acceptors (Lipinski definition) is 4. The van der Waals surface area contributed by atoms with E-state index in [9.17, 15) is 9.59 Å². The molecule has 0 radical (unpaired) electrons. The molecule has 7 heteroatoms. The summed E-state index contributed by atoms with van der Waals surface area (Å²) >= 11 is 0. The monoisotopic (exact) mass is 412 g/mol. The highest BCUT2D eigenvalue weighted by Crippen LogP contribution is 2.23. The molecule has 2 N–H and O–H groups in total. The summed E-state index contributed by atoms with van der Waals surface area (Å²) in [6, 6.07) is 7.85. The van der Waals surface area contributed by atoms with E-state index in [1.807, 2.05) is 28.8 Å². The number of benzene rings is 1. The van der Waals surface area contributed by atoms with Gasteiger partial charge in [0.05, 0.1) is 17.1 Å². The molecule has 2 aromatic rings. The van der Waals surface area contributed by atoms with Crippen LogP contribution in [0.1, 0.15) is 50.8 Å². The third-order valence-corrected chi connectivity index (χ3v) is 6.21. The molecule has 1 unspecified atom stereocenters. The highest BCUT2D eigenvalue weighted by atomic mass is 16.5. The van der Waals surface area contributed by atoms with Crippen molar-refractivity contribution in [2.75, 3.05) is 19.7 Å². The van der Waals surface area contributed by atoms with Crippen LogP contribution in [0.15, 0.2) is 24.3 Å². The van der Waals surface area contributed by atoms with Gasteiger partial charge < -0.3 is 19.9 Å². The Morgan fingerprint density at radius 1 is 1.07 bits per heavy atom.